The van der Waals surface area contributed by atoms with Crippen molar-refractivity contribution in [3.05, 3.63) is 128 Å². The number of aliphatic hydroxyl groups excluding tert-OH is 1. The topological polar surface area (TPSA) is 148 Å². The van der Waals surface area contributed by atoms with Gasteiger partial charge in [0.15, 0.2) is 6.23 Å². The Morgan fingerprint density at radius 1 is 0.943 bits per heavy atom. The SMILES string of the molecule is COc1ccc(C(c2ccccc2)(c2ccc(OC)cc2)C(O)[C@@H]2CC(OP(OCCC#N)N(C(C)C)C(C)C)[C@H](n3cc(C)c(=O)[nH]c3=O)O2)cc1. The van der Waals surface area contributed by atoms with Crippen LogP contribution in [-0.4, -0.2) is 70.6 Å². The molecule has 0 aliphatic carbocycles. The first-order valence-corrected chi connectivity index (χ1v) is 18.8. The van der Waals surface area contributed by atoms with E-state index in [9.17, 15) is 20.0 Å². The lowest BCUT2D eigenvalue weighted by molar-refractivity contribution is -0.0871. The van der Waals surface area contributed by atoms with Crippen LogP contribution in [0.25, 0.3) is 0 Å². The van der Waals surface area contributed by atoms with Gasteiger partial charge in [-0.25, -0.2) is 9.46 Å². The summed E-state index contributed by atoms with van der Waals surface area (Å²) in [4.78, 5) is 28.3. The molecule has 53 heavy (non-hydrogen) atoms. The molecule has 5 rings (SSSR count). The Morgan fingerprint density at radius 2 is 1.49 bits per heavy atom. The van der Waals surface area contributed by atoms with E-state index in [2.05, 4.69) is 15.7 Å². The lowest BCUT2D eigenvalue weighted by Gasteiger charge is -2.42. The summed E-state index contributed by atoms with van der Waals surface area (Å²) >= 11 is 0. The zero-order valence-electron chi connectivity index (χ0n) is 31.3. The second-order valence-corrected chi connectivity index (χ2v) is 15.0. The number of aliphatic hydroxyl groups is 1. The third kappa shape index (κ3) is 8.42. The van der Waals surface area contributed by atoms with Gasteiger partial charge < -0.3 is 28.4 Å². The summed E-state index contributed by atoms with van der Waals surface area (Å²) in [7, 11) is 1.43. The van der Waals surface area contributed by atoms with Crippen molar-refractivity contribution in [2.24, 2.45) is 0 Å². The van der Waals surface area contributed by atoms with Crippen molar-refractivity contribution < 1.29 is 28.4 Å². The van der Waals surface area contributed by atoms with E-state index in [0.717, 1.165) is 16.7 Å². The van der Waals surface area contributed by atoms with Crippen molar-refractivity contribution in [3.63, 3.8) is 0 Å². The largest absolute Gasteiger partial charge is 0.497 e. The first kappa shape index (κ1) is 39.9. The number of aromatic amines is 1. The normalized spacial score (nSPS) is 18.6. The van der Waals surface area contributed by atoms with E-state index in [1.165, 1.54) is 10.8 Å². The molecule has 12 nitrogen and oxygen atoms in total. The Kier molecular flexibility index (Phi) is 13.3. The molecular formula is C40H49N4O8P. The molecule has 0 amide bonds. The van der Waals surface area contributed by atoms with Gasteiger partial charge in [-0.05, 0) is 75.6 Å². The third-order valence-corrected chi connectivity index (χ3v) is 11.7. The van der Waals surface area contributed by atoms with Crippen LogP contribution in [0.1, 0.15) is 69.0 Å². The van der Waals surface area contributed by atoms with Crippen LogP contribution in [0.5, 0.6) is 11.5 Å². The fraction of sp³-hybridized carbons (Fsp3) is 0.425. The molecule has 0 bridgehead atoms. The van der Waals surface area contributed by atoms with Gasteiger partial charge in [0.1, 0.15) is 17.6 Å². The average molecular weight is 745 g/mol. The predicted octanol–water partition coefficient (Wildman–Crippen LogP) is 6.21. The molecule has 1 aromatic heterocycles. The van der Waals surface area contributed by atoms with Crippen LogP contribution in [0.2, 0.25) is 0 Å². The summed E-state index contributed by atoms with van der Waals surface area (Å²) in [5, 5.41) is 22.4. The predicted molar refractivity (Wildman–Crippen MR) is 203 cm³/mol. The summed E-state index contributed by atoms with van der Waals surface area (Å²) in [5.41, 5.74) is 0.280. The lowest BCUT2D eigenvalue weighted by Crippen LogP contribution is -2.48. The van der Waals surface area contributed by atoms with Gasteiger partial charge in [-0.2, -0.15) is 5.26 Å². The Morgan fingerprint density at radius 3 is 2.00 bits per heavy atom. The standard InChI is InChI=1S/C40H49N4O8P/c1-26(2)44(27(3)4)53(50-23-11-22-41)52-35-24-34(51-38(35)43-25-28(5)37(46)42-39(43)47)36(45)40(29-12-9-8-10-13-29,30-14-18-32(48-6)19-15-30)31-16-20-33(49-7)21-17-31/h8-10,12-21,25-27,34-36,38,45H,11,23-24H2,1-7H3,(H,42,46,47)/t34-,35?,36?,38+,53?/m0/s1. The van der Waals surface area contributed by atoms with Crippen LogP contribution in [-0.2, 0) is 19.2 Å². The third-order valence-electron chi connectivity index (χ3n) is 9.52. The minimum atomic E-state index is -1.77. The lowest BCUT2D eigenvalue weighted by atomic mass is 9.64. The maximum absolute atomic E-state index is 13.4. The number of H-pyrrole nitrogens is 1. The molecule has 0 spiro atoms. The fourth-order valence-corrected chi connectivity index (χ4v) is 8.82. The second kappa shape index (κ2) is 17.7. The van der Waals surface area contributed by atoms with Crippen molar-refractivity contribution >= 4 is 8.53 Å². The summed E-state index contributed by atoms with van der Waals surface area (Å²) in [6, 6.07) is 27.0. The number of rotatable bonds is 16. The number of ether oxygens (including phenoxy) is 3. The monoisotopic (exact) mass is 744 g/mol. The maximum Gasteiger partial charge on any atom is 0.330 e. The molecular weight excluding hydrogens is 695 g/mol. The Labute approximate surface area is 311 Å². The molecule has 2 N–H and O–H groups in total. The molecule has 4 aromatic rings. The van der Waals surface area contributed by atoms with Gasteiger partial charge in [-0.15, -0.1) is 0 Å². The van der Waals surface area contributed by atoms with Gasteiger partial charge in [0.05, 0.1) is 50.9 Å². The Bertz CT molecular complexity index is 1890. The van der Waals surface area contributed by atoms with Gasteiger partial charge >= 0.3 is 5.69 Å². The van der Waals surface area contributed by atoms with Crippen LogP contribution in [0.15, 0.2) is 94.6 Å². The molecule has 3 aromatic carbocycles. The van der Waals surface area contributed by atoms with Crippen LogP contribution in [0.4, 0.5) is 0 Å². The molecule has 1 aliphatic heterocycles. The van der Waals surface area contributed by atoms with E-state index in [1.54, 1.807) is 21.1 Å². The molecule has 5 atom stereocenters. The zero-order chi connectivity index (χ0) is 38.3. The number of nitrogens with zero attached hydrogens (tertiary/aromatic N) is 3. The summed E-state index contributed by atoms with van der Waals surface area (Å²) in [5.74, 6) is 1.31. The molecule has 3 unspecified atom stereocenters. The van der Waals surface area contributed by atoms with Gasteiger partial charge in [-0.1, -0.05) is 54.6 Å². The highest BCUT2D eigenvalue weighted by atomic mass is 31.2. The highest BCUT2D eigenvalue weighted by Gasteiger charge is 2.52. The van der Waals surface area contributed by atoms with Gasteiger partial charge in [0.25, 0.3) is 14.1 Å². The van der Waals surface area contributed by atoms with E-state index in [1.807, 2.05) is 107 Å². The van der Waals surface area contributed by atoms with Crippen LogP contribution < -0.4 is 20.7 Å². The van der Waals surface area contributed by atoms with Crippen LogP contribution in [0, 0.1) is 18.3 Å². The van der Waals surface area contributed by atoms with Crippen molar-refractivity contribution in [1.82, 2.24) is 14.2 Å². The molecule has 282 valence electrons. The summed E-state index contributed by atoms with van der Waals surface area (Å²) in [6.45, 7) is 9.90. The smallest absolute Gasteiger partial charge is 0.330 e. The Balaban J connectivity index is 1.69. The molecule has 0 radical (unpaired) electrons. The number of nitrogens with one attached hydrogen (secondary N) is 1. The first-order chi connectivity index (χ1) is 25.5. The molecule has 1 fully saturated rings. The molecule has 13 heteroatoms. The van der Waals surface area contributed by atoms with E-state index < -0.39 is 49.7 Å². The minimum Gasteiger partial charge on any atom is -0.497 e. The van der Waals surface area contributed by atoms with Crippen molar-refractivity contribution in [1.29, 1.82) is 5.26 Å². The van der Waals surface area contributed by atoms with Crippen molar-refractivity contribution in [2.45, 2.75) is 89.5 Å². The van der Waals surface area contributed by atoms with Gasteiger partial charge in [0, 0.05) is 30.3 Å². The number of hydrogen-bond acceptors (Lipinski definition) is 10. The van der Waals surface area contributed by atoms with Crippen LogP contribution in [0.3, 0.4) is 0 Å². The number of hydrogen-bond donors (Lipinski definition) is 2. The summed E-state index contributed by atoms with van der Waals surface area (Å²) < 4.78 is 34.3. The van der Waals surface area contributed by atoms with Crippen molar-refractivity contribution in [2.75, 3.05) is 20.8 Å². The number of aryl methyl sites for hydroxylation is 1. The highest BCUT2D eigenvalue weighted by molar-refractivity contribution is 7.44. The van der Waals surface area contributed by atoms with E-state index in [4.69, 9.17) is 23.3 Å². The van der Waals surface area contributed by atoms with Gasteiger partial charge in [-0.3, -0.25) is 14.3 Å². The molecule has 1 aliphatic rings. The molecule has 1 saturated heterocycles. The number of benzene rings is 3. The zero-order valence-corrected chi connectivity index (χ0v) is 32.2. The number of aromatic nitrogens is 2. The minimum absolute atomic E-state index is 0.0132. The van der Waals surface area contributed by atoms with Gasteiger partial charge in [0.2, 0.25) is 0 Å². The fourth-order valence-electron chi connectivity index (χ4n) is 7.10. The number of methoxy groups -OCH3 is 2. The highest BCUT2D eigenvalue weighted by Crippen LogP contribution is 2.53. The molecule has 2 heterocycles. The average Bonchev–Trinajstić information content (AvgIpc) is 3.57. The second-order valence-electron chi connectivity index (χ2n) is 13.5. The molecule has 0 saturated carbocycles. The number of nitriles is 1. The quantitative estimate of drug-likeness (QED) is 0.0772. The Hall–Kier alpha value is -4.34. The summed E-state index contributed by atoms with van der Waals surface area (Å²) in [6.07, 6.45) is -2.25. The maximum atomic E-state index is 13.4. The van der Waals surface area contributed by atoms with E-state index in [-0.39, 0.29) is 31.5 Å². The van der Waals surface area contributed by atoms with E-state index >= 15 is 0 Å². The van der Waals surface area contributed by atoms with Crippen LogP contribution >= 0.6 is 8.53 Å². The van der Waals surface area contributed by atoms with E-state index in [0.29, 0.717) is 17.1 Å². The van der Waals surface area contributed by atoms with Crippen molar-refractivity contribution in [3.8, 4) is 17.6 Å². The first-order valence-electron chi connectivity index (χ1n) is 17.7.